The minimum absolute atomic E-state index is 0.0315. The van der Waals surface area contributed by atoms with Crippen molar-refractivity contribution in [1.29, 1.82) is 0 Å². The smallest absolute Gasteiger partial charge is 0.266 e. The lowest BCUT2D eigenvalue weighted by Gasteiger charge is -2.36. The van der Waals surface area contributed by atoms with E-state index >= 15 is 0 Å². The largest absolute Gasteiger partial charge is 0.487 e. The molecule has 164 valence electrons. The van der Waals surface area contributed by atoms with E-state index in [0.717, 1.165) is 31.9 Å². The molecule has 0 radical (unpaired) electrons. The Labute approximate surface area is 185 Å². The SMILES string of the molecule is NC(=O)C1Oc2c(OCC(O)CN3CCN(c4cccc(Cl)c4)CC3)cccc2C1=O. The highest BCUT2D eigenvalue weighted by Gasteiger charge is 2.38. The van der Waals surface area contributed by atoms with Gasteiger partial charge in [-0.25, -0.2) is 0 Å². The Balaban J connectivity index is 1.28. The van der Waals surface area contributed by atoms with Crippen LogP contribution >= 0.6 is 11.6 Å². The van der Waals surface area contributed by atoms with Crippen molar-refractivity contribution >= 4 is 29.0 Å². The van der Waals surface area contributed by atoms with E-state index in [2.05, 4.69) is 9.80 Å². The number of ether oxygens (including phenoxy) is 2. The molecule has 0 aromatic heterocycles. The van der Waals surface area contributed by atoms with Crippen LogP contribution in [0.2, 0.25) is 5.02 Å². The molecule has 4 rings (SSSR count). The number of anilines is 1. The summed E-state index contributed by atoms with van der Waals surface area (Å²) in [7, 11) is 0. The molecule has 0 saturated carbocycles. The molecule has 31 heavy (non-hydrogen) atoms. The van der Waals surface area contributed by atoms with Crippen LogP contribution in [-0.4, -0.2) is 73.2 Å². The summed E-state index contributed by atoms with van der Waals surface area (Å²) in [6, 6.07) is 12.6. The molecule has 1 saturated heterocycles. The number of primary amides is 1. The molecule has 2 unspecified atom stereocenters. The van der Waals surface area contributed by atoms with E-state index in [1.165, 1.54) is 0 Å². The fourth-order valence-electron chi connectivity index (χ4n) is 3.84. The molecule has 1 amide bonds. The highest BCUT2D eigenvalue weighted by Crippen LogP contribution is 2.37. The number of aliphatic hydroxyl groups excluding tert-OH is 1. The van der Waals surface area contributed by atoms with E-state index in [1.807, 2.05) is 24.3 Å². The zero-order valence-corrected chi connectivity index (χ0v) is 17.6. The predicted molar refractivity (Wildman–Crippen MR) is 116 cm³/mol. The third-order valence-corrected chi connectivity index (χ3v) is 5.66. The molecule has 2 aliphatic heterocycles. The summed E-state index contributed by atoms with van der Waals surface area (Å²) >= 11 is 6.08. The Morgan fingerprint density at radius 3 is 2.68 bits per heavy atom. The predicted octanol–water partition coefficient (Wildman–Crippen LogP) is 1.33. The summed E-state index contributed by atoms with van der Waals surface area (Å²) in [6.07, 6.45) is -2.06. The maximum atomic E-state index is 12.2. The molecule has 0 aliphatic carbocycles. The van der Waals surface area contributed by atoms with Gasteiger partial charge in [0.15, 0.2) is 11.5 Å². The van der Waals surface area contributed by atoms with Crippen LogP contribution in [0.5, 0.6) is 11.5 Å². The average molecular weight is 446 g/mol. The molecule has 2 atom stereocenters. The lowest BCUT2D eigenvalue weighted by atomic mass is 10.1. The van der Waals surface area contributed by atoms with Gasteiger partial charge in [-0.05, 0) is 30.3 Å². The molecule has 2 aromatic rings. The van der Waals surface area contributed by atoms with Gasteiger partial charge in [0.2, 0.25) is 11.9 Å². The number of hydrogen-bond acceptors (Lipinski definition) is 7. The number of fused-ring (bicyclic) bond motifs is 1. The van der Waals surface area contributed by atoms with Crippen LogP contribution in [0, 0.1) is 0 Å². The van der Waals surface area contributed by atoms with Crippen LogP contribution in [0.25, 0.3) is 0 Å². The standard InChI is InChI=1S/C22H24ClN3O5/c23-14-3-1-4-15(11-14)26-9-7-25(8-10-26)12-16(27)13-30-18-6-2-5-17-19(28)21(22(24)29)31-20(17)18/h1-6,11,16,21,27H,7-10,12-13H2,(H2,24,29). The van der Waals surface area contributed by atoms with E-state index in [1.54, 1.807) is 18.2 Å². The minimum Gasteiger partial charge on any atom is -0.487 e. The summed E-state index contributed by atoms with van der Waals surface area (Å²) in [4.78, 5) is 28.0. The monoisotopic (exact) mass is 445 g/mol. The Morgan fingerprint density at radius 1 is 1.23 bits per heavy atom. The summed E-state index contributed by atoms with van der Waals surface area (Å²) < 4.78 is 11.1. The van der Waals surface area contributed by atoms with Crippen LogP contribution in [0.15, 0.2) is 42.5 Å². The van der Waals surface area contributed by atoms with Gasteiger partial charge in [-0.3, -0.25) is 14.5 Å². The summed E-state index contributed by atoms with van der Waals surface area (Å²) in [5.41, 5.74) is 6.57. The van der Waals surface area contributed by atoms with Gasteiger partial charge in [0.25, 0.3) is 5.91 Å². The first-order valence-corrected chi connectivity index (χ1v) is 10.5. The Morgan fingerprint density at radius 2 is 1.97 bits per heavy atom. The number of nitrogens with zero attached hydrogens (tertiary/aromatic N) is 2. The molecular weight excluding hydrogens is 422 g/mol. The Bertz CT molecular complexity index is 977. The van der Waals surface area contributed by atoms with Gasteiger partial charge < -0.3 is 25.2 Å². The van der Waals surface area contributed by atoms with Gasteiger partial charge in [0, 0.05) is 43.4 Å². The minimum atomic E-state index is -1.33. The van der Waals surface area contributed by atoms with Crippen molar-refractivity contribution in [2.45, 2.75) is 12.2 Å². The number of rotatable bonds is 7. The van der Waals surface area contributed by atoms with E-state index in [4.69, 9.17) is 26.8 Å². The number of ketones is 1. The van der Waals surface area contributed by atoms with Gasteiger partial charge in [-0.15, -0.1) is 0 Å². The first kappa shape index (κ1) is 21.4. The molecule has 2 aliphatic rings. The number of carbonyl (C=O) groups excluding carboxylic acids is 2. The second-order valence-electron chi connectivity index (χ2n) is 7.63. The number of para-hydroxylation sites is 1. The number of carbonyl (C=O) groups is 2. The summed E-state index contributed by atoms with van der Waals surface area (Å²) in [5.74, 6) is -0.826. The van der Waals surface area contributed by atoms with Crippen molar-refractivity contribution < 1.29 is 24.2 Å². The highest BCUT2D eigenvalue weighted by molar-refractivity contribution is 6.30. The van der Waals surface area contributed by atoms with Crippen LogP contribution < -0.4 is 20.1 Å². The Hall–Kier alpha value is -2.81. The van der Waals surface area contributed by atoms with Crippen molar-refractivity contribution in [3.8, 4) is 11.5 Å². The molecule has 2 heterocycles. The third-order valence-electron chi connectivity index (χ3n) is 5.42. The van der Waals surface area contributed by atoms with Gasteiger partial charge >= 0.3 is 0 Å². The zero-order chi connectivity index (χ0) is 22.0. The lowest BCUT2D eigenvalue weighted by molar-refractivity contribution is -0.122. The van der Waals surface area contributed by atoms with Gasteiger partial charge in [0.05, 0.1) is 5.56 Å². The van der Waals surface area contributed by atoms with Crippen LogP contribution in [0.3, 0.4) is 0 Å². The molecule has 1 fully saturated rings. The first-order chi connectivity index (χ1) is 14.9. The average Bonchev–Trinajstić information content (AvgIpc) is 3.10. The maximum absolute atomic E-state index is 12.2. The second-order valence-corrected chi connectivity index (χ2v) is 8.07. The van der Waals surface area contributed by atoms with Crippen molar-refractivity contribution in [3.63, 3.8) is 0 Å². The molecule has 3 N–H and O–H groups in total. The normalized spacial score (nSPS) is 19.6. The number of amides is 1. The van der Waals surface area contributed by atoms with Gasteiger partial charge in [-0.2, -0.15) is 0 Å². The molecule has 9 heteroatoms. The zero-order valence-electron chi connectivity index (χ0n) is 16.9. The van der Waals surface area contributed by atoms with Crippen molar-refractivity contribution in [3.05, 3.63) is 53.1 Å². The van der Waals surface area contributed by atoms with Crippen molar-refractivity contribution in [2.75, 3.05) is 44.2 Å². The van der Waals surface area contributed by atoms with Crippen molar-refractivity contribution in [2.24, 2.45) is 5.73 Å². The number of piperazine rings is 1. The summed E-state index contributed by atoms with van der Waals surface area (Å²) in [6.45, 7) is 3.78. The third kappa shape index (κ3) is 4.76. The quantitative estimate of drug-likeness (QED) is 0.619. The number of benzene rings is 2. The number of nitrogens with two attached hydrogens (primary N) is 1. The topological polar surface area (TPSA) is 105 Å². The molecule has 0 bridgehead atoms. The van der Waals surface area contributed by atoms with Crippen LogP contribution in [-0.2, 0) is 4.79 Å². The molecule has 0 spiro atoms. The Kier molecular flexibility index (Phi) is 6.31. The van der Waals surface area contributed by atoms with Crippen LogP contribution in [0.1, 0.15) is 10.4 Å². The number of aliphatic hydroxyl groups is 1. The van der Waals surface area contributed by atoms with Crippen LogP contribution in [0.4, 0.5) is 5.69 Å². The maximum Gasteiger partial charge on any atom is 0.266 e. The fraction of sp³-hybridized carbons (Fsp3) is 0.364. The number of Topliss-reactive ketones (excluding diaryl/α,β-unsaturated/α-hetero) is 1. The number of hydrogen-bond donors (Lipinski definition) is 2. The molecule has 8 nitrogen and oxygen atoms in total. The van der Waals surface area contributed by atoms with Gasteiger partial charge in [-0.1, -0.05) is 23.7 Å². The van der Waals surface area contributed by atoms with E-state index in [0.29, 0.717) is 17.3 Å². The summed E-state index contributed by atoms with van der Waals surface area (Å²) in [5, 5.41) is 11.2. The van der Waals surface area contributed by atoms with E-state index < -0.39 is 23.9 Å². The second kappa shape index (κ2) is 9.13. The molecular formula is C22H24ClN3O5. The van der Waals surface area contributed by atoms with E-state index in [-0.39, 0.29) is 17.9 Å². The lowest BCUT2D eigenvalue weighted by Crippen LogP contribution is -2.49. The fourth-order valence-corrected chi connectivity index (χ4v) is 4.03. The van der Waals surface area contributed by atoms with Crippen molar-refractivity contribution in [1.82, 2.24) is 4.90 Å². The first-order valence-electron chi connectivity index (χ1n) is 10.1. The number of β-amino-alcohol motifs (C(OH)–C–C–N with tert-alkyl or cyclic N) is 1. The molecule has 2 aromatic carbocycles. The van der Waals surface area contributed by atoms with E-state index in [9.17, 15) is 14.7 Å². The highest BCUT2D eigenvalue weighted by atomic mass is 35.5. The number of halogens is 1. The van der Waals surface area contributed by atoms with Gasteiger partial charge in [0.1, 0.15) is 12.7 Å².